The van der Waals surface area contributed by atoms with E-state index in [0.29, 0.717) is 16.5 Å². The number of thiophene rings is 1. The van der Waals surface area contributed by atoms with Gasteiger partial charge in [-0.15, -0.1) is 22.7 Å². The number of hydrogen-bond donors (Lipinski definition) is 1. The van der Waals surface area contributed by atoms with Gasteiger partial charge < -0.3 is 5.32 Å². The molecule has 4 aromatic heterocycles. The third kappa shape index (κ3) is 3.15. The fourth-order valence-electron chi connectivity index (χ4n) is 2.91. The average molecular weight is 423 g/mol. The molecule has 0 aliphatic rings. The largest absolute Gasteiger partial charge is 0.369 e. The molecule has 1 N–H and O–H groups in total. The lowest BCUT2D eigenvalue weighted by atomic mass is 10.1. The summed E-state index contributed by atoms with van der Waals surface area (Å²) in [7, 11) is 0. The minimum absolute atomic E-state index is 0.254. The Hall–Kier alpha value is -3.57. The molecule has 1 amide bonds. The average Bonchev–Trinajstić information content (AvgIpc) is 3.50. The van der Waals surface area contributed by atoms with Crippen LogP contribution in [0.4, 0.5) is 5.82 Å². The van der Waals surface area contributed by atoms with E-state index in [1.54, 1.807) is 6.07 Å². The van der Waals surface area contributed by atoms with E-state index >= 15 is 0 Å². The predicted molar refractivity (Wildman–Crippen MR) is 111 cm³/mol. The van der Waals surface area contributed by atoms with Crippen molar-refractivity contribution in [1.29, 1.82) is 0 Å². The van der Waals surface area contributed by atoms with Crippen molar-refractivity contribution >= 4 is 39.4 Å². The van der Waals surface area contributed by atoms with Gasteiger partial charge in [0.15, 0.2) is 4.96 Å². The van der Waals surface area contributed by atoms with Crippen molar-refractivity contribution in [2.45, 2.75) is 6.54 Å². The van der Waals surface area contributed by atoms with E-state index in [1.807, 2.05) is 57.8 Å². The van der Waals surface area contributed by atoms with Gasteiger partial charge >= 0.3 is 5.69 Å². The fraction of sp³-hybridized carbons (Fsp3) is 0.0556. The molecule has 5 aromatic rings. The minimum Gasteiger partial charge on any atom is -0.308 e. The maximum atomic E-state index is 12.7. The van der Waals surface area contributed by atoms with Crippen molar-refractivity contribution in [3.05, 3.63) is 69.9 Å². The number of hydrogen-bond acceptors (Lipinski definition) is 7. The van der Waals surface area contributed by atoms with Crippen LogP contribution in [0.3, 0.4) is 0 Å². The number of nitrogens with one attached hydrogen (secondary N) is 1. The Bertz CT molecular complexity index is 1350. The number of anilines is 1. The number of aromatic nitrogens is 6. The van der Waals surface area contributed by atoms with Crippen molar-refractivity contribution in [2.24, 2.45) is 0 Å². The van der Waals surface area contributed by atoms with E-state index in [-0.39, 0.29) is 6.54 Å². The van der Waals surface area contributed by atoms with Gasteiger partial charge in [0.25, 0.3) is 0 Å². The van der Waals surface area contributed by atoms with Gasteiger partial charge in [0, 0.05) is 17.1 Å². The normalized spacial score (nSPS) is 11.2. The van der Waals surface area contributed by atoms with Gasteiger partial charge in [-0.1, -0.05) is 30.3 Å². The monoisotopic (exact) mass is 423 g/mol. The van der Waals surface area contributed by atoms with E-state index in [9.17, 15) is 9.59 Å². The first kappa shape index (κ1) is 17.5. The molecule has 0 atom stereocenters. The molecule has 0 bridgehead atoms. The number of nitrogens with zero attached hydrogens (tertiary/aromatic N) is 6. The molecule has 29 heavy (non-hydrogen) atoms. The van der Waals surface area contributed by atoms with Crippen LogP contribution in [0, 0.1) is 0 Å². The van der Waals surface area contributed by atoms with E-state index in [2.05, 4.69) is 20.7 Å². The zero-order valence-electron chi connectivity index (χ0n) is 14.8. The lowest BCUT2D eigenvalue weighted by molar-refractivity contribution is -0.117. The Kier molecular flexibility index (Phi) is 4.30. The molecule has 0 fully saturated rings. The maximum absolute atomic E-state index is 12.7. The highest BCUT2D eigenvalue weighted by Gasteiger charge is 2.19. The van der Waals surface area contributed by atoms with Crippen molar-refractivity contribution < 1.29 is 4.79 Å². The molecule has 11 heteroatoms. The number of imidazole rings is 1. The second-order valence-corrected chi connectivity index (χ2v) is 7.86. The van der Waals surface area contributed by atoms with Crippen LogP contribution in [0.1, 0.15) is 0 Å². The molecule has 0 unspecified atom stereocenters. The summed E-state index contributed by atoms with van der Waals surface area (Å²) in [5.74, 6) is 0.159. The summed E-state index contributed by atoms with van der Waals surface area (Å²) in [6, 6.07) is 13.2. The summed E-state index contributed by atoms with van der Waals surface area (Å²) in [5, 5.41) is 14.9. The third-order valence-corrected chi connectivity index (χ3v) is 5.82. The third-order valence-electron chi connectivity index (χ3n) is 4.21. The van der Waals surface area contributed by atoms with Gasteiger partial charge in [0.1, 0.15) is 23.1 Å². The van der Waals surface area contributed by atoms with E-state index in [0.717, 1.165) is 15.2 Å². The summed E-state index contributed by atoms with van der Waals surface area (Å²) in [6.07, 6.45) is 1.84. The maximum Gasteiger partial charge on any atom is 0.369 e. The zero-order valence-corrected chi connectivity index (χ0v) is 16.4. The van der Waals surface area contributed by atoms with E-state index in [4.69, 9.17) is 0 Å². The number of amides is 1. The number of rotatable bonds is 5. The SMILES string of the molecule is O=C(Cn1nnn(-c2cccs2)c1=O)Nc1c(-c2ccccc2)nc2sccn12. The Morgan fingerprint density at radius 1 is 1.03 bits per heavy atom. The first-order valence-corrected chi connectivity index (χ1v) is 10.3. The number of tetrazole rings is 1. The zero-order chi connectivity index (χ0) is 19.8. The summed E-state index contributed by atoms with van der Waals surface area (Å²) >= 11 is 2.84. The van der Waals surface area contributed by atoms with Crippen LogP contribution in [0.15, 0.2) is 64.2 Å². The molecule has 144 valence electrons. The van der Waals surface area contributed by atoms with Crippen LogP contribution < -0.4 is 11.0 Å². The molecule has 4 heterocycles. The lowest BCUT2D eigenvalue weighted by Crippen LogP contribution is -2.29. The van der Waals surface area contributed by atoms with Crippen LogP contribution in [0.25, 0.3) is 21.2 Å². The second kappa shape index (κ2) is 7.11. The highest BCUT2D eigenvalue weighted by Crippen LogP contribution is 2.30. The first-order chi connectivity index (χ1) is 14.2. The highest BCUT2D eigenvalue weighted by atomic mass is 32.1. The van der Waals surface area contributed by atoms with Gasteiger partial charge in [0.2, 0.25) is 5.91 Å². The Morgan fingerprint density at radius 3 is 2.69 bits per heavy atom. The molecule has 0 radical (unpaired) electrons. The van der Waals surface area contributed by atoms with Crippen molar-refractivity contribution in [3.8, 4) is 16.3 Å². The van der Waals surface area contributed by atoms with Crippen molar-refractivity contribution in [2.75, 3.05) is 5.32 Å². The lowest BCUT2D eigenvalue weighted by Gasteiger charge is -2.06. The predicted octanol–water partition coefficient (Wildman–Crippen LogP) is 2.51. The number of thiazole rings is 1. The molecule has 5 rings (SSSR count). The number of fused-ring (bicyclic) bond motifs is 1. The highest BCUT2D eigenvalue weighted by molar-refractivity contribution is 7.15. The van der Waals surface area contributed by atoms with Gasteiger partial charge in [-0.3, -0.25) is 9.20 Å². The molecular formula is C18H13N7O2S2. The van der Waals surface area contributed by atoms with Gasteiger partial charge in [-0.05, 0) is 27.9 Å². The molecular weight excluding hydrogens is 410 g/mol. The van der Waals surface area contributed by atoms with Crippen LogP contribution in [0.5, 0.6) is 0 Å². The van der Waals surface area contributed by atoms with E-state index < -0.39 is 11.6 Å². The van der Waals surface area contributed by atoms with Gasteiger partial charge in [0.05, 0.1) is 0 Å². The molecule has 0 aliphatic heterocycles. The van der Waals surface area contributed by atoms with Crippen LogP contribution in [0.2, 0.25) is 0 Å². The smallest absolute Gasteiger partial charge is 0.308 e. The minimum atomic E-state index is -0.472. The van der Waals surface area contributed by atoms with Gasteiger partial charge in [-0.2, -0.15) is 9.36 Å². The first-order valence-electron chi connectivity index (χ1n) is 8.58. The number of carbonyl (C=O) groups excluding carboxylic acids is 1. The molecule has 1 aromatic carbocycles. The quantitative estimate of drug-likeness (QED) is 0.468. The van der Waals surface area contributed by atoms with Crippen LogP contribution >= 0.6 is 22.7 Å². The van der Waals surface area contributed by atoms with Crippen molar-refractivity contribution in [1.82, 2.24) is 29.2 Å². The van der Waals surface area contributed by atoms with Gasteiger partial charge in [-0.25, -0.2) is 9.78 Å². The number of benzene rings is 1. The summed E-state index contributed by atoms with van der Waals surface area (Å²) < 4.78 is 4.02. The van der Waals surface area contributed by atoms with E-state index in [1.165, 1.54) is 27.4 Å². The van der Waals surface area contributed by atoms with Crippen LogP contribution in [-0.2, 0) is 11.3 Å². The van der Waals surface area contributed by atoms with Crippen molar-refractivity contribution in [3.63, 3.8) is 0 Å². The molecule has 0 aliphatic carbocycles. The fourth-order valence-corrected chi connectivity index (χ4v) is 4.29. The standard InChI is InChI=1S/C18H13N7O2S2/c26-13(11-24-18(27)25(22-21-24)14-7-4-9-28-14)19-16-15(12-5-2-1-3-6-12)20-17-23(16)8-10-29-17/h1-10H,11H2,(H,19,26). The summed E-state index contributed by atoms with van der Waals surface area (Å²) in [5.41, 5.74) is 1.08. The molecule has 9 nitrogen and oxygen atoms in total. The Morgan fingerprint density at radius 2 is 1.90 bits per heavy atom. The summed E-state index contributed by atoms with van der Waals surface area (Å²) in [4.78, 5) is 30.6. The number of carbonyl (C=O) groups is 1. The summed E-state index contributed by atoms with van der Waals surface area (Å²) in [6.45, 7) is -0.254. The Labute approximate surface area is 171 Å². The van der Waals surface area contributed by atoms with Crippen LogP contribution in [-0.4, -0.2) is 35.1 Å². The second-order valence-electron chi connectivity index (χ2n) is 6.06. The topological polar surface area (TPSA) is 99.1 Å². The molecule has 0 saturated heterocycles. The molecule has 0 saturated carbocycles. The molecule has 0 spiro atoms. The Balaban J connectivity index is 1.44.